The van der Waals surface area contributed by atoms with Gasteiger partial charge in [-0.15, -0.1) is 0 Å². The van der Waals surface area contributed by atoms with Crippen LogP contribution in [0.15, 0.2) is 18.3 Å². The van der Waals surface area contributed by atoms with Crippen molar-refractivity contribution in [3.8, 4) is 0 Å². The molecule has 1 aromatic heterocycles. The van der Waals surface area contributed by atoms with Crippen LogP contribution in [0, 0.1) is 5.92 Å². The van der Waals surface area contributed by atoms with E-state index in [2.05, 4.69) is 4.98 Å². The van der Waals surface area contributed by atoms with E-state index in [1.807, 2.05) is 4.90 Å². The van der Waals surface area contributed by atoms with E-state index < -0.39 is 0 Å². The summed E-state index contributed by atoms with van der Waals surface area (Å²) in [5.41, 5.74) is 6.17. The minimum absolute atomic E-state index is 0.0638. The third-order valence-corrected chi connectivity index (χ3v) is 3.80. The van der Waals surface area contributed by atoms with Crippen LogP contribution in [0.4, 0.5) is 5.82 Å². The summed E-state index contributed by atoms with van der Waals surface area (Å²) in [5, 5.41) is 0. The predicted molar refractivity (Wildman–Crippen MR) is 78.4 cm³/mol. The van der Waals surface area contributed by atoms with Crippen LogP contribution in [0.1, 0.15) is 36.0 Å². The Morgan fingerprint density at radius 1 is 1.55 bits per heavy atom. The fraction of sp³-hybridized carbons (Fsp3) is 0.600. The maximum Gasteiger partial charge on any atom is 0.255 e. The van der Waals surface area contributed by atoms with E-state index in [-0.39, 0.29) is 5.91 Å². The highest BCUT2D eigenvalue weighted by molar-refractivity contribution is 5.94. The molecular formula is C15H23N3O2. The number of ether oxygens (including phenoxy) is 1. The number of carbonyl (C=O) groups is 1. The van der Waals surface area contributed by atoms with Gasteiger partial charge in [0.25, 0.3) is 5.91 Å². The lowest BCUT2D eigenvalue weighted by molar-refractivity contribution is 0.0660. The summed E-state index contributed by atoms with van der Waals surface area (Å²) in [6.07, 6.45) is 6.02. The fourth-order valence-corrected chi connectivity index (χ4v) is 2.72. The molecule has 1 aliphatic rings. The molecule has 1 aliphatic heterocycles. The third-order valence-electron chi connectivity index (χ3n) is 3.80. The molecule has 0 aromatic carbocycles. The molecule has 1 saturated heterocycles. The summed E-state index contributed by atoms with van der Waals surface area (Å²) in [6, 6.07) is 3.42. The van der Waals surface area contributed by atoms with Gasteiger partial charge in [0.05, 0.1) is 5.56 Å². The summed E-state index contributed by atoms with van der Waals surface area (Å²) in [7, 11) is 1.73. The zero-order valence-corrected chi connectivity index (χ0v) is 12.0. The van der Waals surface area contributed by atoms with E-state index in [9.17, 15) is 4.79 Å². The molecule has 0 spiro atoms. The zero-order chi connectivity index (χ0) is 14.4. The second-order valence-corrected chi connectivity index (χ2v) is 5.37. The van der Waals surface area contributed by atoms with E-state index in [0.717, 1.165) is 39.0 Å². The number of carbonyl (C=O) groups excluding carboxylic acids is 1. The van der Waals surface area contributed by atoms with Crippen molar-refractivity contribution in [3.63, 3.8) is 0 Å². The van der Waals surface area contributed by atoms with Crippen LogP contribution in [0.5, 0.6) is 0 Å². The van der Waals surface area contributed by atoms with Crippen molar-refractivity contribution in [1.29, 1.82) is 0 Å². The first-order valence-electron chi connectivity index (χ1n) is 7.20. The molecule has 1 unspecified atom stereocenters. The van der Waals surface area contributed by atoms with Gasteiger partial charge in [0.2, 0.25) is 0 Å². The lowest BCUT2D eigenvalue weighted by atomic mass is 9.93. The highest BCUT2D eigenvalue weighted by Gasteiger charge is 2.24. The standard InChI is InChI=1S/C15H23N3O2/c1-20-9-3-5-12-4-2-8-18(11-12)15(19)13-6-7-14(16)17-10-13/h6-7,10,12H,2-5,8-9,11H2,1H3,(H2,16,17). The summed E-state index contributed by atoms with van der Waals surface area (Å²) in [5.74, 6) is 1.09. The summed E-state index contributed by atoms with van der Waals surface area (Å²) >= 11 is 0. The zero-order valence-electron chi connectivity index (χ0n) is 12.0. The number of nitrogens with zero attached hydrogens (tertiary/aromatic N) is 2. The fourth-order valence-electron chi connectivity index (χ4n) is 2.72. The molecule has 1 atom stereocenters. The lowest BCUT2D eigenvalue weighted by Gasteiger charge is -2.32. The van der Waals surface area contributed by atoms with E-state index in [0.29, 0.717) is 17.3 Å². The summed E-state index contributed by atoms with van der Waals surface area (Å²) in [4.78, 5) is 18.3. The maximum atomic E-state index is 12.4. The van der Waals surface area contributed by atoms with Crippen molar-refractivity contribution in [1.82, 2.24) is 9.88 Å². The van der Waals surface area contributed by atoms with Gasteiger partial charge in [-0.05, 0) is 43.7 Å². The molecule has 2 heterocycles. The number of aromatic nitrogens is 1. The smallest absolute Gasteiger partial charge is 0.255 e. The normalized spacial score (nSPS) is 19.1. The topological polar surface area (TPSA) is 68.5 Å². The van der Waals surface area contributed by atoms with Crippen LogP contribution in [0.2, 0.25) is 0 Å². The lowest BCUT2D eigenvalue weighted by Crippen LogP contribution is -2.40. The van der Waals surface area contributed by atoms with Crippen LogP contribution >= 0.6 is 0 Å². The van der Waals surface area contributed by atoms with Gasteiger partial charge < -0.3 is 15.4 Å². The van der Waals surface area contributed by atoms with Gasteiger partial charge in [-0.2, -0.15) is 0 Å². The number of pyridine rings is 1. The molecule has 1 fully saturated rings. The van der Waals surface area contributed by atoms with Gasteiger partial charge in [0.15, 0.2) is 0 Å². The SMILES string of the molecule is COCCCC1CCCN(C(=O)c2ccc(N)nc2)C1. The maximum absolute atomic E-state index is 12.4. The van der Waals surface area contributed by atoms with Gasteiger partial charge in [-0.3, -0.25) is 4.79 Å². The molecule has 0 radical (unpaired) electrons. The number of hydrogen-bond donors (Lipinski definition) is 1. The van der Waals surface area contributed by atoms with Crippen LogP contribution in [-0.4, -0.2) is 42.6 Å². The Hall–Kier alpha value is -1.62. The van der Waals surface area contributed by atoms with Crippen molar-refractivity contribution in [2.75, 3.05) is 32.5 Å². The number of likely N-dealkylation sites (tertiary alicyclic amines) is 1. The number of rotatable bonds is 5. The molecule has 20 heavy (non-hydrogen) atoms. The van der Waals surface area contributed by atoms with E-state index in [4.69, 9.17) is 10.5 Å². The highest BCUT2D eigenvalue weighted by Crippen LogP contribution is 2.22. The molecule has 5 heteroatoms. The summed E-state index contributed by atoms with van der Waals surface area (Å²) < 4.78 is 5.09. The predicted octanol–water partition coefficient (Wildman–Crippen LogP) is 1.94. The molecule has 2 rings (SSSR count). The summed E-state index contributed by atoms with van der Waals surface area (Å²) in [6.45, 7) is 2.48. The van der Waals surface area contributed by atoms with Crippen molar-refractivity contribution < 1.29 is 9.53 Å². The van der Waals surface area contributed by atoms with Gasteiger partial charge >= 0.3 is 0 Å². The molecule has 1 amide bonds. The second-order valence-electron chi connectivity index (χ2n) is 5.37. The molecule has 5 nitrogen and oxygen atoms in total. The molecule has 0 aliphatic carbocycles. The Labute approximate surface area is 120 Å². The Bertz CT molecular complexity index is 433. The minimum Gasteiger partial charge on any atom is -0.385 e. The average molecular weight is 277 g/mol. The van der Waals surface area contributed by atoms with Crippen molar-refractivity contribution in [2.45, 2.75) is 25.7 Å². The number of nitrogens with two attached hydrogens (primary N) is 1. The number of methoxy groups -OCH3 is 1. The van der Waals surface area contributed by atoms with Crippen molar-refractivity contribution in [3.05, 3.63) is 23.9 Å². The highest BCUT2D eigenvalue weighted by atomic mass is 16.5. The van der Waals surface area contributed by atoms with Crippen LogP contribution in [0.25, 0.3) is 0 Å². The van der Waals surface area contributed by atoms with Gasteiger partial charge in [0.1, 0.15) is 5.82 Å². The van der Waals surface area contributed by atoms with Crippen LogP contribution < -0.4 is 5.73 Å². The first kappa shape index (κ1) is 14.8. The quantitative estimate of drug-likeness (QED) is 0.835. The van der Waals surface area contributed by atoms with E-state index >= 15 is 0 Å². The first-order valence-corrected chi connectivity index (χ1v) is 7.20. The molecule has 110 valence electrons. The Morgan fingerprint density at radius 2 is 2.40 bits per heavy atom. The van der Waals surface area contributed by atoms with Crippen molar-refractivity contribution >= 4 is 11.7 Å². The van der Waals surface area contributed by atoms with Gasteiger partial charge in [-0.25, -0.2) is 4.98 Å². The van der Waals surface area contributed by atoms with Gasteiger partial charge in [-0.1, -0.05) is 0 Å². The number of amides is 1. The molecule has 0 saturated carbocycles. The molecule has 1 aromatic rings. The minimum atomic E-state index is 0.0638. The molecule has 0 bridgehead atoms. The molecular weight excluding hydrogens is 254 g/mol. The van der Waals surface area contributed by atoms with Crippen molar-refractivity contribution in [2.24, 2.45) is 5.92 Å². The van der Waals surface area contributed by atoms with Gasteiger partial charge in [0, 0.05) is 33.0 Å². The average Bonchev–Trinajstić information content (AvgIpc) is 2.48. The number of nitrogen functional groups attached to an aromatic ring is 1. The van der Waals surface area contributed by atoms with E-state index in [1.54, 1.807) is 25.4 Å². The Morgan fingerprint density at radius 3 is 3.10 bits per heavy atom. The van der Waals surface area contributed by atoms with Crippen LogP contribution in [-0.2, 0) is 4.74 Å². The second kappa shape index (κ2) is 7.24. The number of anilines is 1. The largest absolute Gasteiger partial charge is 0.385 e. The monoisotopic (exact) mass is 277 g/mol. The van der Waals surface area contributed by atoms with Crippen LogP contribution in [0.3, 0.4) is 0 Å². The first-order chi connectivity index (χ1) is 9.70. The number of hydrogen-bond acceptors (Lipinski definition) is 4. The van der Waals surface area contributed by atoms with E-state index in [1.165, 1.54) is 6.42 Å². The Kier molecular flexibility index (Phi) is 5.35. The third kappa shape index (κ3) is 3.93. The number of piperidine rings is 1. The Balaban J connectivity index is 1.91. The molecule has 2 N–H and O–H groups in total.